The second-order valence-electron chi connectivity index (χ2n) is 4.05. The van der Waals surface area contributed by atoms with Gasteiger partial charge in [0.15, 0.2) is 0 Å². The van der Waals surface area contributed by atoms with Crippen LogP contribution in [0.25, 0.3) is 5.69 Å². The molecule has 1 aromatic carbocycles. The van der Waals surface area contributed by atoms with E-state index in [1.807, 2.05) is 18.4 Å². The highest BCUT2D eigenvalue weighted by atomic mass is 32.2. The zero-order chi connectivity index (χ0) is 13.5. The fourth-order valence-corrected chi connectivity index (χ4v) is 2.35. The number of nitrogens with two attached hydrogens (primary N) is 2. The number of benzene rings is 1. The smallest absolute Gasteiger partial charge is 0.240 e. The molecular weight excluding hydrogens is 252 g/mol. The van der Waals surface area contributed by atoms with Crippen molar-refractivity contribution in [3.05, 3.63) is 35.9 Å². The summed E-state index contributed by atoms with van der Waals surface area (Å²) in [5.41, 5.74) is 8.46. The summed E-state index contributed by atoms with van der Waals surface area (Å²) in [4.78, 5) is 4.10. The molecule has 0 aliphatic rings. The minimum Gasteiger partial charge on any atom is -0.398 e. The Labute approximate surface area is 105 Å². The molecule has 0 unspecified atom stereocenters. The van der Waals surface area contributed by atoms with Crippen molar-refractivity contribution in [2.24, 2.45) is 5.14 Å². The molecule has 2 aromatic rings. The Hall–Kier alpha value is -1.86. The van der Waals surface area contributed by atoms with Gasteiger partial charge in [0.2, 0.25) is 10.0 Å². The number of nitrogens with zero attached hydrogens (tertiary/aromatic N) is 2. The number of primary sulfonamides is 1. The van der Waals surface area contributed by atoms with Gasteiger partial charge in [-0.3, -0.25) is 0 Å². The van der Waals surface area contributed by atoms with E-state index in [2.05, 4.69) is 4.98 Å². The Morgan fingerprint density at radius 2 is 1.94 bits per heavy atom. The molecule has 0 atom stereocenters. The van der Waals surface area contributed by atoms with Gasteiger partial charge >= 0.3 is 0 Å². The largest absolute Gasteiger partial charge is 0.398 e. The molecule has 1 heterocycles. The van der Waals surface area contributed by atoms with Crippen molar-refractivity contribution < 1.29 is 8.42 Å². The highest BCUT2D eigenvalue weighted by Crippen LogP contribution is 2.22. The zero-order valence-electron chi connectivity index (χ0n) is 10.1. The van der Waals surface area contributed by atoms with Crippen LogP contribution in [-0.4, -0.2) is 18.0 Å². The number of sulfonamides is 1. The molecule has 0 aliphatic heterocycles. The molecule has 96 valence electrons. The van der Waals surface area contributed by atoms with Crippen molar-refractivity contribution in [3.63, 3.8) is 0 Å². The fourth-order valence-electron chi connectivity index (χ4n) is 1.70. The van der Waals surface area contributed by atoms with Crippen LogP contribution in [0.15, 0.2) is 29.4 Å². The average molecular weight is 266 g/mol. The Bertz CT molecular complexity index is 704. The molecule has 1 aromatic heterocycles. The lowest BCUT2D eigenvalue weighted by molar-refractivity contribution is 0.598. The van der Waals surface area contributed by atoms with E-state index in [0.717, 1.165) is 17.1 Å². The number of hydrogen-bond acceptors (Lipinski definition) is 4. The molecule has 0 radical (unpaired) electrons. The Morgan fingerprint density at radius 1 is 1.28 bits per heavy atom. The molecule has 18 heavy (non-hydrogen) atoms. The summed E-state index contributed by atoms with van der Waals surface area (Å²) >= 11 is 0. The van der Waals surface area contributed by atoms with Gasteiger partial charge in [0, 0.05) is 11.4 Å². The lowest BCUT2D eigenvalue weighted by Crippen LogP contribution is -2.14. The summed E-state index contributed by atoms with van der Waals surface area (Å²) in [5.74, 6) is 0. The number of aryl methyl sites for hydroxylation is 1. The van der Waals surface area contributed by atoms with E-state index < -0.39 is 10.0 Å². The summed E-state index contributed by atoms with van der Waals surface area (Å²) < 4.78 is 24.3. The molecule has 7 heteroatoms. The number of hydrogen-bond donors (Lipinski definition) is 2. The zero-order valence-corrected chi connectivity index (χ0v) is 10.9. The summed E-state index contributed by atoms with van der Waals surface area (Å²) in [6, 6.07) is 4.60. The molecule has 6 nitrogen and oxygen atoms in total. The highest BCUT2D eigenvalue weighted by Gasteiger charge is 2.13. The maximum atomic E-state index is 11.3. The van der Waals surface area contributed by atoms with Crippen molar-refractivity contribution in [1.29, 1.82) is 0 Å². The number of imidazole rings is 1. The normalized spacial score (nSPS) is 11.7. The minimum atomic E-state index is -3.79. The van der Waals surface area contributed by atoms with Crippen LogP contribution in [-0.2, 0) is 10.0 Å². The molecule has 0 bridgehead atoms. The van der Waals surface area contributed by atoms with Crippen LogP contribution in [0.1, 0.15) is 11.4 Å². The fraction of sp³-hybridized carbons (Fsp3) is 0.182. The summed E-state index contributed by atoms with van der Waals surface area (Å²) in [5, 5.41) is 5.05. The molecule has 0 amide bonds. The van der Waals surface area contributed by atoms with E-state index in [1.54, 1.807) is 18.5 Å². The van der Waals surface area contributed by atoms with E-state index in [-0.39, 0.29) is 10.6 Å². The Kier molecular flexibility index (Phi) is 2.88. The average Bonchev–Trinajstić information content (AvgIpc) is 2.58. The third-order valence-electron chi connectivity index (χ3n) is 2.83. The van der Waals surface area contributed by atoms with Gasteiger partial charge in [-0.25, -0.2) is 18.5 Å². The SMILES string of the molecule is Cc1ncn(-c2ccc(S(N)(=O)=O)c(N)c2)c1C. The molecule has 0 saturated carbocycles. The first kappa shape index (κ1) is 12.6. The lowest BCUT2D eigenvalue weighted by atomic mass is 10.2. The van der Waals surface area contributed by atoms with E-state index >= 15 is 0 Å². The van der Waals surface area contributed by atoms with E-state index in [1.165, 1.54) is 6.07 Å². The molecule has 4 N–H and O–H groups in total. The molecule has 0 aliphatic carbocycles. The van der Waals surface area contributed by atoms with E-state index in [0.29, 0.717) is 0 Å². The first-order chi connectivity index (χ1) is 8.30. The van der Waals surface area contributed by atoms with Gasteiger partial charge in [-0.2, -0.15) is 0 Å². The van der Waals surface area contributed by atoms with Crippen molar-refractivity contribution in [1.82, 2.24) is 9.55 Å². The Balaban J connectivity index is 2.57. The molecule has 0 spiro atoms. The van der Waals surface area contributed by atoms with Gasteiger partial charge in [-0.15, -0.1) is 0 Å². The maximum absolute atomic E-state index is 11.3. The van der Waals surface area contributed by atoms with Crippen molar-refractivity contribution in [2.75, 3.05) is 5.73 Å². The van der Waals surface area contributed by atoms with Crippen LogP contribution < -0.4 is 10.9 Å². The van der Waals surface area contributed by atoms with Crippen LogP contribution in [0.3, 0.4) is 0 Å². The van der Waals surface area contributed by atoms with Crippen LogP contribution >= 0.6 is 0 Å². The van der Waals surface area contributed by atoms with Crippen molar-refractivity contribution in [2.45, 2.75) is 18.7 Å². The van der Waals surface area contributed by atoms with E-state index in [4.69, 9.17) is 10.9 Å². The number of anilines is 1. The van der Waals surface area contributed by atoms with Crippen LogP contribution in [0.4, 0.5) is 5.69 Å². The van der Waals surface area contributed by atoms with Gasteiger partial charge in [0.25, 0.3) is 0 Å². The van der Waals surface area contributed by atoms with E-state index in [9.17, 15) is 8.42 Å². The number of nitrogen functional groups attached to an aromatic ring is 1. The lowest BCUT2D eigenvalue weighted by Gasteiger charge is -2.09. The molecule has 0 fully saturated rings. The van der Waals surface area contributed by atoms with Gasteiger partial charge < -0.3 is 10.3 Å². The third-order valence-corrected chi connectivity index (χ3v) is 3.81. The minimum absolute atomic E-state index is 0.0688. The van der Waals surface area contributed by atoms with Crippen LogP contribution in [0, 0.1) is 13.8 Å². The van der Waals surface area contributed by atoms with Crippen molar-refractivity contribution in [3.8, 4) is 5.69 Å². The summed E-state index contributed by atoms with van der Waals surface area (Å²) in [6.07, 6.45) is 1.66. The molecular formula is C11H14N4O2S. The van der Waals surface area contributed by atoms with Gasteiger partial charge in [-0.05, 0) is 32.0 Å². The molecule has 0 saturated heterocycles. The standard InChI is InChI=1S/C11H14N4O2S/c1-7-8(2)15(6-14-7)9-3-4-11(10(12)5-9)18(13,16)17/h3-6H,12H2,1-2H3,(H2,13,16,17). The quantitative estimate of drug-likeness (QED) is 0.781. The number of aromatic nitrogens is 2. The monoisotopic (exact) mass is 266 g/mol. The molecule has 2 rings (SSSR count). The third kappa shape index (κ3) is 2.09. The topological polar surface area (TPSA) is 104 Å². The van der Waals surface area contributed by atoms with Gasteiger partial charge in [-0.1, -0.05) is 0 Å². The predicted molar refractivity (Wildman–Crippen MR) is 68.8 cm³/mol. The second kappa shape index (κ2) is 4.11. The Morgan fingerprint density at radius 3 is 2.39 bits per heavy atom. The van der Waals surface area contributed by atoms with Crippen LogP contribution in [0.2, 0.25) is 0 Å². The predicted octanol–water partition coefficient (Wildman–Crippen LogP) is 0.719. The summed E-state index contributed by atoms with van der Waals surface area (Å²) in [6.45, 7) is 3.82. The first-order valence-electron chi connectivity index (χ1n) is 5.24. The number of rotatable bonds is 2. The van der Waals surface area contributed by atoms with Gasteiger partial charge in [0.1, 0.15) is 4.90 Å². The van der Waals surface area contributed by atoms with Crippen LogP contribution in [0.5, 0.6) is 0 Å². The maximum Gasteiger partial charge on any atom is 0.240 e. The van der Waals surface area contributed by atoms with Gasteiger partial charge in [0.05, 0.1) is 17.7 Å². The first-order valence-corrected chi connectivity index (χ1v) is 6.78. The summed E-state index contributed by atoms with van der Waals surface area (Å²) in [7, 11) is -3.79. The highest BCUT2D eigenvalue weighted by molar-refractivity contribution is 7.89. The second-order valence-corrected chi connectivity index (χ2v) is 5.58. The van der Waals surface area contributed by atoms with Crippen molar-refractivity contribution >= 4 is 15.7 Å².